The van der Waals surface area contributed by atoms with Crippen LogP contribution in [-0.4, -0.2) is 53.2 Å². The number of nitrogens with zero attached hydrogens (tertiary/aromatic N) is 3. The fourth-order valence-corrected chi connectivity index (χ4v) is 4.31. The van der Waals surface area contributed by atoms with Crippen molar-refractivity contribution in [2.75, 3.05) is 25.1 Å². The van der Waals surface area contributed by atoms with Crippen molar-refractivity contribution in [2.45, 2.75) is 25.5 Å². The first kappa shape index (κ1) is 24.6. The van der Waals surface area contributed by atoms with E-state index in [1.54, 1.807) is 18.5 Å². The number of aliphatic hydroxyl groups excluding tert-OH is 1. The number of ketones is 1. The van der Waals surface area contributed by atoms with Crippen molar-refractivity contribution in [1.29, 1.82) is 0 Å². The molecule has 3 heterocycles. The van der Waals surface area contributed by atoms with Crippen molar-refractivity contribution in [3.63, 3.8) is 0 Å². The van der Waals surface area contributed by atoms with Crippen LogP contribution in [0.3, 0.4) is 0 Å². The third kappa shape index (κ3) is 4.98. The zero-order valence-electron chi connectivity index (χ0n) is 19.2. The Bertz CT molecular complexity index is 1220. The van der Waals surface area contributed by atoms with Gasteiger partial charge in [-0.05, 0) is 18.2 Å². The fraction of sp³-hybridized carbons (Fsp3) is 0.320. The average molecular weight is 486 g/mol. The minimum atomic E-state index is -1.06. The number of rotatable bonds is 6. The van der Waals surface area contributed by atoms with E-state index in [1.165, 1.54) is 13.2 Å². The van der Waals surface area contributed by atoms with Crippen molar-refractivity contribution in [3.8, 4) is 17.0 Å². The molecule has 1 saturated heterocycles. The number of nitrogens with two attached hydrogens (primary N) is 1. The van der Waals surface area contributed by atoms with Gasteiger partial charge in [-0.3, -0.25) is 9.78 Å². The largest absolute Gasteiger partial charge is 0.497 e. The number of piperidine rings is 1. The molecule has 3 aromatic rings. The lowest BCUT2D eigenvalue weighted by Gasteiger charge is -2.40. The molecule has 0 bridgehead atoms. The molecule has 1 aliphatic heterocycles. The number of methoxy groups -OCH3 is 1. The van der Waals surface area contributed by atoms with Gasteiger partial charge in [-0.1, -0.05) is 6.92 Å². The standard InChI is InChI=1S/C25H25F3N4O3/c1-13-11-32(12-19(29)25(13)34)21-5-6-30-10-14(21)7-22(33)20-4-3-16(26)24(31-20)23-17(27)8-15(35-2)9-18(23)28/h3-6,8-10,13,19,25,34H,7,11-12,29H2,1-2H3/t13-,19+,25+/m0/s1. The maximum Gasteiger partial charge on any atom is 0.185 e. The van der Waals surface area contributed by atoms with Crippen LogP contribution in [0, 0.1) is 23.4 Å². The maximum absolute atomic E-state index is 14.5. The summed E-state index contributed by atoms with van der Waals surface area (Å²) in [6.45, 7) is 2.82. The molecule has 3 N–H and O–H groups in total. The highest BCUT2D eigenvalue weighted by Crippen LogP contribution is 2.31. The molecule has 4 rings (SSSR count). The molecule has 0 radical (unpaired) electrons. The van der Waals surface area contributed by atoms with Gasteiger partial charge in [0.25, 0.3) is 0 Å². The van der Waals surface area contributed by atoms with E-state index >= 15 is 0 Å². The molecule has 35 heavy (non-hydrogen) atoms. The van der Waals surface area contributed by atoms with E-state index in [0.717, 1.165) is 23.9 Å². The number of anilines is 1. The van der Waals surface area contributed by atoms with Crippen LogP contribution in [-0.2, 0) is 6.42 Å². The summed E-state index contributed by atoms with van der Waals surface area (Å²) >= 11 is 0. The number of ether oxygens (including phenoxy) is 1. The van der Waals surface area contributed by atoms with E-state index in [1.807, 2.05) is 11.8 Å². The van der Waals surface area contributed by atoms with Crippen molar-refractivity contribution in [2.24, 2.45) is 11.7 Å². The lowest BCUT2D eigenvalue weighted by molar-refractivity contribution is 0.0784. The number of halogens is 3. The fourth-order valence-electron chi connectivity index (χ4n) is 4.31. The van der Waals surface area contributed by atoms with Crippen molar-refractivity contribution in [1.82, 2.24) is 9.97 Å². The molecule has 10 heteroatoms. The van der Waals surface area contributed by atoms with Gasteiger partial charge in [0.2, 0.25) is 0 Å². The van der Waals surface area contributed by atoms with Gasteiger partial charge in [0.1, 0.15) is 34.6 Å². The minimum Gasteiger partial charge on any atom is -0.497 e. The van der Waals surface area contributed by atoms with Crippen LogP contribution in [0.15, 0.2) is 42.7 Å². The highest BCUT2D eigenvalue weighted by atomic mass is 19.1. The summed E-state index contributed by atoms with van der Waals surface area (Å²) in [5, 5.41) is 10.2. The van der Waals surface area contributed by atoms with Gasteiger partial charge in [0.15, 0.2) is 5.78 Å². The number of Topliss-reactive ketones (excluding diaryl/α,β-unsaturated/α-hetero) is 1. The number of aliphatic hydroxyl groups is 1. The summed E-state index contributed by atoms with van der Waals surface area (Å²) < 4.78 is 48.4. The average Bonchev–Trinajstić information content (AvgIpc) is 2.83. The molecule has 0 spiro atoms. The summed E-state index contributed by atoms with van der Waals surface area (Å²) in [6, 6.07) is 5.26. The van der Waals surface area contributed by atoms with Crippen LogP contribution in [0.4, 0.5) is 18.9 Å². The van der Waals surface area contributed by atoms with Crippen molar-refractivity contribution >= 4 is 11.5 Å². The van der Waals surface area contributed by atoms with Crippen LogP contribution in [0.25, 0.3) is 11.3 Å². The van der Waals surface area contributed by atoms with Gasteiger partial charge >= 0.3 is 0 Å². The van der Waals surface area contributed by atoms with Gasteiger partial charge in [0, 0.05) is 67.2 Å². The summed E-state index contributed by atoms with van der Waals surface area (Å²) in [7, 11) is 1.25. The zero-order valence-corrected chi connectivity index (χ0v) is 19.2. The number of carbonyl (C=O) groups excluding carboxylic acids is 1. The highest BCUT2D eigenvalue weighted by molar-refractivity contribution is 5.97. The molecule has 0 aliphatic carbocycles. The minimum absolute atomic E-state index is 0.0697. The predicted molar refractivity (Wildman–Crippen MR) is 124 cm³/mol. The first-order valence-corrected chi connectivity index (χ1v) is 11.0. The van der Waals surface area contributed by atoms with E-state index in [9.17, 15) is 23.1 Å². The molecular weight excluding hydrogens is 461 g/mol. The molecule has 0 saturated carbocycles. The Hall–Kier alpha value is -3.50. The molecule has 7 nitrogen and oxygen atoms in total. The molecule has 2 aromatic heterocycles. The lowest BCUT2D eigenvalue weighted by Crippen LogP contribution is -2.55. The molecule has 3 atom stereocenters. The van der Waals surface area contributed by atoms with Crippen molar-refractivity contribution in [3.05, 3.63) is 71.4 Å². The van der Waals surface area contributed by atoms with Crippen LogP contribution in [0.2, 0.25) is 0 Å². The van der Waals surface area contributed by atoms with Crippen LogP contribution in [0.5, 0.6) is 5.75 Å². The van der Waals surface area contributed by atoms with Gasteiger partial charge in [-0.2, -0.15) is 0 Å². The zero-order chi connectivity index (χ0) is 25.3. The lowest BCUT2D eigenvalue weighted by atomic mass is 9.92. The third-order valence-electron chi connectivity index (χ3n) is 6.15. The van der Waals surface area contributed by atoms with E-state index in [4.69, 9.17) is 10.5 Å². The molecule has 0 unspecified atom stereocenters. The molecule has 1 aromatic carbocycles. The Morgan fingerprint density at radius 3 is 2.54 bits per heavy atom. The van der Waals surface area contributed by atoms with Crippen LogP contribution >= 0.6 is 0 Å². The topological polar surface area (TPSA) is 102 Å². The molecular formula is C25H25F3N4O3. The van der Waals surface area contributed by atoms with E-state index in [0.29, 0.717) is 18.7 Å². The molecule has 1 aliphatic rings. The van der Waals surface area contributed by atoms with E-state index < -0.39 is 46.6 Å². The second kappa shape index (κ2) is 10.0. The predicted octanol–water partition coefficient (Wildman–Crippen LogP) is 3.14. The van der Waals surface area contributed by atoms with E-state index in [-0.39, 0.29) is 23.8 Å². The number of carbonyl (C=O) groups is 1. The van der Waals surface area contributed by atoms with E-state index in [2.05, 4.69) is 9.97 Å². The summed E-state index contributed by atoms with van der Waals surface area (Å²) in [5.74, 6) is -3.73. The number of hydrogen-bond acceptors (Lipinski definition) is 7. The Morgan fingerprint density at radius 1 is 1.17 bits per heavy atom. The van der Waals surface area contributed by atoms with Crippen LogP contribution in [0.1, 0.15) is 23.0 Å². The van der Waals surface area contributed by atoms with Crippen LogP contribution < -0.4 is 15.4 Å². The number of pyridine rings is 2. The quantitative estimate of drug-likeness (QED) is 0.516. The SMILES string of the molecule is COc1cc(F)c(-c2nc(C(=O)Cc3cnccc3N3C[C@@H](N)[C@H](O)[C@@H](C)C3)ccc2F)c(F)c1. The maximum atomic E-state index is 14.5. The Morgan fingerprint density at radius 2 is 1.89 bits per heavy atom. The molecule has 1 fully saturated rings. The van der Waals surface area contributed by atoms with Crippen molar-refractivity contribution < 1.29 is 27.8 Å². The summed E-state index contributed by atoms with van der Waals surface area (Å²) in [4.78, 5) is 23.1. The van der Waals surface area contributed by atoms with Gasteiger partial charge in [-0.25, -0.2) is 18.2 Å². The highest BCUT2D eigenvalue weighted by Gasteiger charge is 2.32. The Balaban J connectivity index is 1.64. The number of hydrogen-bond donors (Lipinski definition) is 2. The number of benzene rings is 1. The van der Waals surface area contributed by atoms with Gasteiger partial charge < -0.3 is 20.5 Å². The normalized spacial score (nSPS) is 20.1. The summed E-state index contributed by atoms with van der Waals surface area (Å²) in [6.07, 6.45) is 2.38. The smallest absolute Gasteiger partial charge is 0.185 e. The monoisotopic (exact) mass is 486 g/mol. The second-order valence-electron chi connectivity index (χ2n) is 8.63. The molecule has 184 valence electrons. The second-order valence-corrected chi connectivity index (χ2v) is 8.63. The molecule has 0 amide bonds. The first-order valence-electron chi connectivity index (χ1n) is 11.0. The van der Waals surface area contributed by atoms with Gasteiger partial charge in [0.05, 0.1) is 18.8 Å². The Kier molecular flexibility index (Phi) is 7.04. The Labute approximate surface area is 200 Å². The first-order chi connectivity index (χ1) is 16.7. The third-order valence-corrected chi connectivity index (χ3v) is 6.15. The number of aromatic nitrogens is 2. The van der Waals surface area contributed by atoms with Gasteiger partial charge in [-0.15, -0.1) is 0 Å². The summed E-state index contributed by atoms with van der Waals surface area (Å²) in [5.41, 5.74) is 5.96.